The Balaban J connectivity index is 2.10. The molecular weight excluding hydrogens is 206 g/mol. The Morgan fingerprint density at radius 2 is 2.06 bits per heavy atom. The van der Waals surface area contributed by atoms with Gasteiger partial charge in [0.2, 0.25) is 0 Å². The molecule has 1 aliphatic carbocycles. The zero-order valence-corrected chi connectivity index (χ0v) is 11.4. The first-order valence-electron chi connectivity index (χ1n) is 6.91. The summed E-state index contributed by atoms with van der Waals surface area (Å²) in [4.78, 5) is 0. The van der Waals surface area contributed by atoms with E-state index >= 15 is 0 Å². The van der Waals surface area contributed by atoms with Gasteiger partial charge in [0.25, 0.3) is 0 Å². The maximum Gasteiger partial charge on any atom is 0.00523 e. The summed E-state index contributed by atoms with van der Waals surface area (Å²) in [6, 6.07) is 8.98. The van der Waals surface area contributed by atoms with Gasteiger partial charge in [-0.3, -0.25) is 0 Å². The zero-order chi connectivity index (χ0) is 12.3. The summed E-state index contributed by atoms with van der Waals surface area (Å²) in [5, 5.41) is 3.64. The Kier molecular flexibility index (Phi) is 3.88. The number of hydrogen-bond donors (Lipinski definition) is 1. The minimum absolute atomic E-state index is 0.337. The molecule has 1 unspecified atom stereocenters. The van der Waals surface area contributed by atoms with Crippen LogP contribution in [0.25, 0.3) is 0 Å². The molecule has 1 aliphatic rings. The van der Waals surface area contributed by atoms with Crippen molar-refractivity contribution in [2.45, 2.75) is 45.4 Å². The second-order valence-electron chi connectivity index (χ2n) is 6.10. The number of nitrogens with one attached hydrogen (secondary N) is 1. The Bertz CT molecular complexity index is 370. The Labute approximate surface area is 106 Å². The monoisotopic (exact) mass is 231 g/mol. The molecule has 0 amide bonds. The van der Waals surface area contributed by atoms with Gasteiger partial charge >= 0.3 is 0 Å². The molecule has 0 aromatic heterocycles. The summed E-state index contributed by atoms with van der Waals surface area (Å²) in [5.74, 6) is 0.734. The SMILES string of the molecule is CC(C)CNCC1(C)CCCc2ccccc21. The number of rotatable bonds is 4. The van der Waals surface area contributed by atoms with Gasteiger partial charge in [0.15, 0.2) is 0 Å². The van der Waals surface area contributed by atoms with E-state index in [1.54, 1.807) is 11.1 Å². The van der Waals surface area contributed by atoms with E-state index in [4.69, 9.17) is 0 Å². The average Bonchev–Trinajstić information content (AvgIpc) is 2.29. The average molecular weight is 231 g/mol. The van der Waals surface area contributed by atoms with Crippen LogP contribution in [0, 0.1) is 5.92 Å². The van der Waals surface area contributed by atoms with Crippen molar-refractivity contribution in [2.75, 3.05) is 13.1 Å². The zero-order valence-electron chi connectivity index (χ0n) is 11.4. The third-order valence-electron chi connectivity index (χ3n) is 3.91. The van der Waals surface area contributed by atoms with Gasteiger partial charge < -0.3 is 5.32 Å². The van der Waals surface area contributed by atoms with Crippen LogP contribution in [0.1, 0.15) is 44.7 Å². The van der Waals surface area contributed by atoms with E-state index in [-0.39, 0.29) is 0 Å². The molecule has 0 bridgehead atoms. The lowest BCUT2D eigenvalue weighted by molar-refractivity contribution is 0.360. The van der Waals surface area contributed by atoms with Gasteiger partial charge in [-0.15, -0.1) is 0 Å². The lowest BCUT2D eigenvalue weighted by Gasteiger charge is -2.36. The largest absolute Gasteiger partial charge is 0.316 e. The molecule has 0 saturated carbocycles. The number of hydrogen-bond acceptors (Lipinski definition) is 1. The molecular formula is C16H25N. The van der Waals surface area contributed by atoms with Crippen molar-refractivity contribution in [3.8, 4) is 0 Å². The molecule has 17 heavy (non-hydrogen) atoms. The van der Waals surface area contributed by atoms with Crippen molar-refractivity contribution >= 4 is 0 Å². The van der Waals surface area contributed by atoms with Gasteiger partial charge in [0.05, 0.1) is 0 Å². The Morgan fingerprint density at radius 3 is 2.82 bits per heavy atom. The highest BCUT2D eigenvalue weighted by molar-refractivity contribution is 5.36. The number of benzene rings is 1. The van der Waals surface area contributed by atoms with E-state index in [0.717, 1.165) is 19.0 Å². The van der Waals surface area contributed by atoms with Crippen LogP contribution in [0.4, 0.5) is 0 Å². The summed E-state index contributed by atoms with van der Waals surface area (Å²) in [6.07, 6.45) is 3.90. The van der Waals surface area contributed by atoms with Crippen LogP contribution in [0.2, 0.25) is 0 Å². The van der Waals surface area contributed by atoms with Crippen molar-refractivity contribution in [3.63, 3.8) is 0 Å². The lowest BCUT2D eigenvalue weighted by Crippen LogP contribution is -2.39. The second-order valence-corrected chi connectivity index (χ2v) is 6.10. The van der Waals surface area contributed by atoms with Gasteiger partial charge in [-0.2, -0.15) is 0 Å². The van der Waals surface area contributed by atoms with Crippen LogP contribution in [-0.2, 0) is 11.8 Å². The predicted octanol–water partition coefficient (Wildman–Crippen LogP) is 3.53. The standard InChI is InChI=1S/C16H25N/c1-13(2)11-17-12-16(3)10-6-8-14-7-4-5-9-15(14)16/h4-5,7,9,13,17H,6,8,10-12H2,1-3H3. The van der Waals surface area contributed by atoms with Crippen LogP contribution >= 0.6 is 0 Å². The summed E-state index contributed by atoms with van der Waals surface area (Å²) < 4.78 is 0. The van der Waals surface area contributed by atoms with E-state index in [0.29, 0.717) is 5.41 Å². The van der Waals surface area contributed by atoms with Crippen molar-refractivity contribution in [2.24, 2.45) is 5.92 Å². The Morgan fingerprint density at radius 1 is 1.29 bits per heavy atom. The normalized spacial score (nSPS) is 23.8. The lowest BCUT2D eigenvalue weighted by atomic mass is 9.71. The van der Waals surface area contributed by atoms with E-state index < -0.39 is 0 Å². The van der Waals surface area contributed by atoms with Crippen LogP contribution < -0.4 is 5.32 Å². The first-order chi connectivity index (χ1) is 8.12. The summed E-state index contributed by atoms with van der Waals surface area (Å²) in [6.45, 7) is 9.19. The fourth-order valence-electron chi connectivity index (χ4n) is 2.95. The minimum atomic E-state index is 0.337. The molecule has 0 aliphatic heterocycles. The van der Waals surface area contributed by atoms with E-state index in [9.17, 15) is 0 Å². The topological polar surface area (TPSA) is 12.0 Å². The molecule has 1 aromatic carbocycles. The van der Waals surface area contributed by atoms with E-state index in [2.05, 4.69) is 50.4 Å². The molecule has 1 heteroatoms. The van der Waals surface area contributed by atoms with Gasteiger partial charge in [-0.05, 0) is 42.9 Å². The van der Waals surface area contributed by atoms with Gasteiger partial charge in [-0.25, -0.2) is 0 Å². The quantitative estimate of drug-likeness (QED) is 0.836. The van der Waals surface area contributed by atoms with Crippen LogP contribution in [0.5, 0.6) is 0 Å². The van der Waals surface area contributed by atoms with E-state index in [1.807, 2.05) is 0 Å². The van der Waals surface area contributed by atoms with Crippen LogP contribution in [0.15, 0.2) is 24.3 Å². The summed E-state index contributed by atoms with van der Waals surface area (Å²) in [7, 11) is 0. The highest BCUT2D eigenvalue weighted by atomic mass is 14.9. The molecule has 0 fully saturated rings. The highest BCUT2D eigenvalue weighted by Crippen LogP contribution is 2.36. The maximum absolute atomic E-state index is 3.64. The maximum atomic E-state index is 3.64. The fourth-order valence-corrected chi connectivity index (χ4v) is 2.95. The van der Waals surface area contributed by atoms with Crippen molar-refractivity contribution in [1.82, 2.24) is 5.32 Å². The third-order valence-corrected chi connectivity index (χ3v) is 3.91. The molecule has 0 spiro atoms. The third kappa shape index (κ3) is 2.90. The molecule has 0 heterocycles. The van der Waals surface area contributed by atoms with Crippen molar-refractivity contribution in [3.05, 3.63) is 35.4 Å². The molecule has 2 rings (SSSR count). The fraction of sp³-hybridized carbons (Fsp3) is 0.625. The molecule has 0 saturated heterocycles. The molecule has 1 N–H and O–H groups in total. The van der Waals surface area contributed by atoms with Crippen LogP contribution in [0.3, 0.4) is 0 Å². The van der Waals surface area contributed by atoms with Gasteiger partial charge in [-0.1, -0.05) is 45.0 Å². The first kappa shape index (κ1) is 12.6. The first-order valence-corrected chi connectivity index (χ1v) is 6.91. The second kappa shape index (κ2) is 5.22. The van der Waals surface area contributed by atoms with Gasteiger partial charge in [0.1, 0.15) is 0 Å². The van der Waals surface area contributed by atoms with Crippen molar-refractivity contribution in [1.29, 1.82) is 0 Å². The van der Waals surface area contributed by atoms with Crippen LogP contribution in [-0.4, -0.2) is 13.1 Å². The molecule has 0 radical (unpaired) electrons. The highest BCUT2D eigenvalue weighted by Gasteiger charge is 2.31. The van der Waals surface area contributed by atoms with Gasteiger partial charge in [0, 0.05) is 12.0 Å². The number of fused-ring (bicyclic) bond motifs is 1. The minimum Gasteiger partial charge on any atom is -0.316 e. The Hall–Kier alpha value is -0.820. The number of aryl methyl sites for hydroxylation is 1. The molecule has 1 aromatic rings. The summed E-state index contributed by atoms with van der Waals surface area (Å²) in [5.41, 5.74) is 3.47. The summed E-state index contributed by atoms with van der Waals surface area (Å²) >= 11 is 0. The van der Waals surface area contributed by atoms with Crippen molar-refractivity contribution < 1.29 is 0 Å². The predicted molar refractivity (Wildman–Crippen MR) is 74.4 cm³/mol. The molecule has 94 valence electrons. The molecule has 1 nitrogen and oxygen atoms in total. The molecule has 1 atom stereocenters. The smallest absolute Gasteiger partial charge is 0.00523 e. The van der Waals surface area contributed by atoms with E-state index in [1.165, 1.54) is 19.3 Å².